The molecule has 2 heterocycles. The molecule has 3 aromatic rings. The van der Waals surface area contributed by atoms with Crippen molar-refractivity contribution in [3.8, 4) is 11.3 Å². The Hall–Kier alpha value is -3.16. The van der Waals surface area contributed by atoms with Gasteiger partial charge in [0.1, 0.15) is 5.82 Å². The van der Waals surface area contributed by atoms with E-state index in [4.69, 9.17) is 9.84 Å². The number of aliphatic hydroxyl groups is 1. The number of aromatic nitrogens is 2. The third-order valence-electron chi connectivity index (χ3n) is 4.93. The quantitative estimate of drug-likeness (QED) is 0.495. The molecule has 0 amide bonds. The number of benzene rings is 2. The molecule has 156 valence electrons. The van der Waals surface area contributed by atoms with Gasteiger partial charge in [-0.1, -0.05) is 30.3 Å². The predicted molar refractivity (Wildman–Crippen MR) is 120 cm³/mol. The van der Waals surface area contributed by atoms with Crippen molar-refractivity contribution in [1.29, 1.82) is 0 Å². The van der Waals surface area contributed by atoms with E-state index in [1.54, 1.807) is 0 Å². The van der Waals surface area contributed by atoms with Gasteiger partial charge in [-0.2, -0.15) is 4.98 Å². The van der Waals surface area contributed by atoms with Crippen molar-refractivity contribution in [2.24, 2.45) is 0 Å². The molecule has 1 aliphatic heterocycles. The number of morpholine rings is 1. The molecular weight excluding hydrogens is 378 g/mol. The summed E-state index contributed by atoms with van der Waals surface area (Å²) in [5.74, 6) is 1.26. The lowest BCUT2D eigenvalue weighted by Crippen LogP contribution is -2.36. The summed E-state index contributed by atoms with van der Waals surface area (Å²) in [4.78, 5) is 11.6. The van der Waals surface area contributed by atoms with Gasteiger partial charge in [-0.3, -0.25) is 0 Å². The summed E-state index contributed by atoms with van der Waals surface area (Å²) in [6.45, 7) is 4.13. The van der Waals surface area contributed by atoms with Crippen LogP contribution in [0, 0.1) is 0 Å². The third-order valence-corrected chi connectivity index (χ3v) is 4.93. The van der Waals surface area contributed by atoms with Crippen LogP contribution in [0.1, 0.15) is 6.42 Å². The van der Waals surface area contributed by atoms with Gasteiger partial charge in [-0.15, -0.1) is 0 Å². The molecule has 0 spiro atoms. The first-order valence-electron chi connectivity index (χ1n) is 10.3. The van der Waals surface area contributed by atoms with Crippen LogP contribution >= 0.6 is 0 Å². The minimum absolute atomic E-state index is 0.131. The van der Waals surface area contributed by atoms with Gasteiger partial charge in [0.05, 0.1) is 18.9 Å². The summed E-state index contributed by atoms with van der Waals surface area (Å²) >= 11 is 0. The smallest absolute Gasteiger partial charge is 0.225 e. The fourth-order valence-electron chi connectivity index (χ4n) is 3.35. The first-order valence-corrected chi connectivity index (χ1v) is 10.3. The molecule has 2 aromatic carbocycles. The van der Waals surface area contributed by atoms with Crippen LogP contribution in [-0.2, 0) is 4.74 Å². The molecule has 0 bridgehead atoms. The van der Waals surface area contributed by atoms with E-state index in [0.29, 0.717) is 18.9 Å². The summed E-state index contributed by atoms with van der Waals surface area (Å²) < 4.78 is 5.43. The Kier molecular flexibility index (Phi) is 6.74. The van der Waals surface area contributed by atoms with E-state index in [1.807, 2.05) is 36.4 Å². The maximum Gasteiger partial charge on any atom is 0.225 e. The van der Waals surface area contributed by atoms with Gasteiger partial charge >= 0.3 is 0 Å². The zero-order valence-corrected chi connectivity index (χ0v) is 16.9. The van der Waals surface area contributed by atoms with Crippen LogP contribution in [0.2, 0.25) is 0 Å². The van der Waals surface area contributed by atoms with Crippen molar-refractivity contribution < 1.29 is 9.84 Å². The number of ether oxygens (including phenoxy) is 1. The Morgan fingerprint density at radius 3 is 2.47 bits per heavy atom. The number of hydrogen-bond donors (Lipinski definition) is 3. The summed E-state index contributed by atoms with van der Waals surface area (Å²) in [6, 6.07) is 20.3. The molecule has 3 N–H and O–H groups in total. The second-order valence-electron chi connectivity index (χ2n) is 7.10. The molecule has 1 aromatic heterocycles. The molecule has 0 saturated carbocycles. The maximum atomic E-state index is 9.04. The van der Waals surface area contributed by atoms with Crippen molar-refractivity contribution in [2.45, 2.75) is 6.42 Å². The van der Waals surface area contributed by atoms with E-state index >= 15 is 0 Å². The zero-order chi connectivity index (χ0) is 20.6. The van der Waals surface area contributed by atoms with Gasteiger partial charge < -0.3 is 25.4 Å². The van der Waals surface area contributed by atoms with Crippen molar-refractivity contribution in [2.75, 3.05) is 55.0 Å². The molecule has 0 unspecified atom stereocenters. The highest BCUT2D eigenvalue weighted by molar-refractivity contribution is 5.68. The van der Waals surface area contributed by atoms with E-state index in [0.717, 1.165) is 49.1 Å². The molecule has 30 heavy (non-hydrogen) atoms. The van der Waals surface area contributed by atoms with Crippen LogP contribution in [-0.4, -0.2) is 54.5 Å². The van der Waals surface area contributed by atoms with E-state index in [9.17, 15) is 0 Å². The minimum atomic E-state index is 0.131. The molecule has 0 aliphatic carbocycles. The molecule has 7 nitrogen and oxygen atoms in total. The molecular formula is C23H27N5O2. The monoisotopic (exact) mass is 405 g/mol. The van der Waals surface area contributed by atoms with Crippen LogP contribution in [0.15, 0.2) is 60.7 Å². The number of nitrogens with one attached hydrogen (secondary N) is 2. The molecule has 0 radical (unpaired) electrons. The topological polar surface area (TPSA) is 82.5 Å². The van der Waals surface area contributed by atoms with Gasteiger partial charge in [-0.05, 0) is 30.7 Å². The van der Waals surface area contributed by atoms with Gasteiger partial charge in [0.25, 0.3) is 0 Å². The lowest BCUT2D eigenvalue weighted by atomic mass is 10.1. The predicted octanol–water partition coefficient (Wildman–Crippen LogP) is 3.52. The molecule has 0 atom stereocenters. The SMILES string of the molecule is OCCCNc1nc(Nc2ccc(N3CCOCC3)cc2)cc(-c2ccccc2)n1. The first-order chi connectivity index (χ1) is 14.8. The largest absolute Gasteiger partial charge is 0.396 e. The average molecular weight is 406 g/mol. The maximum absolute atomic E-state index is 9.04. The lowest BCUT2D eigenvalue weighted by Gasteiger charge is -2.28. The number of hydrogen-bond acceptors (Lipinski definition) is 7. The molecule has 4 rings (SSSR count). The second-order valence-corrected chi connectivity index (χ2v) is 7.10. The Labute approximate surface area is 176 Å². The summed E-state index contributed by atoms with van der Waals surface area (Å²) in [5, 5.41) is 15.6. The zero-order valence-electron chi connectivity index (χ0n) is 16.9. The van der Waals surface area contributed by atoms with Gasteiger partial charge in [0.15, 0.2) is 0 Å². The number of aliphatic hydroxyl groups excluding tert-OH is 1. The number of rotatable bonds is 8. The molecule has 1 fully saturated rings. The Balaban J connectivity index is 1.54. The fourth-order valence-corrected chi connectivity index (χ4v) is 3.35. The Bertz CT molecular complexity index is 928. The van der Waals surface area contributed by atoms with E-state index < -0.39 is 0 Å². The van der Waals surface area contributed by atoms with Crippen LogP contribution in [0.3, 0.4) is 0 Å². The van der Waals surface area contributed by atoms with E-state index in [1.165, 1.54) is 5.69 Å². The van der Waals surface area contributed by atoms with Crippen molar-refractivity contribution in [3.05, 3.63) is 60.7 Å². The third kappa shape index (κ3) is 5.25. The number of anilines is 4. The molecule has 7 heteroatoms. The van der Waals surface area contributed by atoms with Crippen LogP contribution in [0.25, 0.3) is 11.3 Å². The number of nitrogens with zero attached hydrogens (tertiary/aromatic N) is 3. The van der Waals surface area contributed by atoms with Gasteiger partial charge in [-0.25, -0.2) is 4.98 Å². The highest BCUT2D eigenvalue weighted by Crippen LogP contribution is 2.25. The van der Waals surface area contributed by atoms with Crippen LogP contribution < -0.4 is 15.5 Å². The van der Waals surface area contributed by atoms with Crippen molar-refractivity contribution in [3.63, 3.8) is 0 Å². The standard InChI is InChI=1S/C23H27N5O2/c29-14-4-11-24-23-26-21(18-5-2-1-3-6-18)17-22(27-23)25-19-7-9-20(10-8-19)28-12-15-30-16-13-28/h1-3,5-10,17,29H,4,11-16H2,(H2,24,25,26,27). The second kappa shape index (κ2) is 10.0. The van der Waals surface area contributed by atoms with Gasteiger partial charge in [0, 0.05) is 49.2 Å². The van der Waals surface area contributed by atoms with Crippen LogP contribution in [0.4, 0.5) is 23.1 Å². The lowest BCUT2D eigenvalue weighted by molar-refractivity contribution is 0.122. The fraction of sp³-hybridized carbons (Fsp3) is 0.304. The highest BCUT2D eigenvalue weighted by Gasteiger charge is 2.11. The summed E-state index contributed by atoms with van der Waals surface area (Å²) in [7, 11) is 0. The minimum Gasteiger partial charge on any atom is -0.396 e. The first kappa shape index (κ1) is 20.1. The van der Waals surface area contributed by atoms with Crippen molar-refractivity contribution in [1.82, 2.24) is 9.97 Å². The molecule has 1 aliphatic rings. The van der Waals surface area contributed by atoms with E-state index in [-0.39, 0.29) is 6.61 Å². The van der Waals surface area contributed by atoms with Crippen molar-refractivity contribution >= 4 is 23.1 Å². The summed E-state index contributed by atoms with van der Waals surface area (Å²) in [5.41, 5.74) is 4.02. The molecule has 1 saturated heterocycles. The summed E-state index contributed by atoms with van der Waals surface area (Å²) in [6.07, 6.45) is 0.644. The van der Waals surface area contributed by atoms with Gasteiger partial charge in [0.2, 0.25) is 5.95 Å². The Morgan fingerprint density at radius 1 is 0.967 bits per heavy atom. The Morgan fingerprint density at radius 2 is 1.73 bits per heavy atom. The van der Waals surface area contributed by atoms with E-state index in [2.05, 4.69) is 49.8 Å². The average Bonchev–Trinajstić information content (AvgIpc) is 2.81. The normalized spacial score (nSPS) is 13.8. The van der Waals surface area contributed by atoms with Crippen LogP contribution in [0.5, 0.6) is 0 Å². The highest BCUT2D eigenvalue weighted by atomic mass is 16.5.